The van der Waals surface area contributed by atoms with E-state index in [1.54, 1.807) is 0 Å². The Morgan fingerprint density at radius 3 is 3.05 bits per heavy atom. The molecular formula is C17H20O4. The highest BCUT2D eigenvalue weighted by atomic mass is 16.6. The van der Waals surface area contributed by atoms with Crippen molar-refractivity contribution in [3.05, 3.63) is 29.3 Å². The first-order valence-corrected chi connectivity index (χ1v) is 7.77. The molecule has 112 valence electrons. The van der Waals surface area contributed by atoms with Crippen molar-refractivity contribution < 1.29 is 19.0 Å². The fourth-order valence-corrected chi connectivity index (χ4v) is 3.69. The van der Waals surface area contributed by atoms with Crippen molar-refractivity contribution >= 4 is 5.78 Å². The molecule has 2 unspecified atom stereocenters. The van der Waals surface area contributed by atoms with Crippen LogP contribution in [0.25, 0.3) is 0 Å². The van der Waals surface area contributed by atoms with E-state index in [1.165, 1.54) is 0 Å². The average Bonchev–Trinajstić information content (AvgIpc) is 3.15. The molecule has 3 aliphatic heterocycles. The number of rotatable bonds is 2. The Labute approximate surface area is 124 Å². The molecule has 0 aromatic heterocycles. The number of hydrogen-bond acceptors (Lipinski definition) is 4. The second-order valence-electron chi connectivity index (χ2n) is 6.31. The zero-order valence-electron chi connectivity index (χ0n) is 12.1. The van der Waals surface area contributed by atoms with Crippen molar-refractivity contribution in [1.82, 2.24) is 0 Å². The Hall–Kier alpha value is -1.39. The molecule has 1 aromatic carbocycles. The summed E-state index contributed by atoms with van der Waals surface area (Å²) in [4.78, 5) is 12.8. The first-order chi connectivity index (χ1) is 10.3. The topological polar surface area (TPSA) is 44.8 Å². The van der Waals surface area contributed by atoms with Crippen LogP contribution in [0.3, 0.4) is 0 Å². The highest BCUT2D eigenvalue weighted by Gasteiger charge is 2.43. The molecule has 0 radical (unpaired) electrons. The van der Waals surface area contributed by atoms with Crippen molar-refractivity contribution in [3.8, 4) is 5.75 Å². The van der Waals surface area contributed by atoms with E-state index in [4.69, 9.17) is 14.2 Å². The highest BCUT2D eigenvalue weighted by Crippen LogP contribution is 2.37. The van der Waals surface area contributed by atoms with Gasteiger partial charge in [0.2, 0.25) is 0 Å². The zero-order valence-corrected chi connectivity index (χ0v) is 12.1. The predicted octanol–water partition coefficient (Wildman–Crippen LogP) is 2.39. The van der Waals surface area contributed by atoms with Crippen molar-refractivity contribution in [2.45, 2.75) is 31.3 Å². The van der Waals surface area contributed by atoms with E-state index in [-0.39, 0.29) is 17.3 Å². The van der Waals surface area contributed by atoms with Gasteiger partial charge in [-0.3, -0.25) is 4.79 Å². The van der Waals surface area contributed by atoms with E-state index in [1.807, 2.05) is 18.2 Å². The molecule has 3 aliphatic rings. The first kappa shape index (κ1) is 13.3. The monoisotopic (exact) mass is 288 g/mol. The van der Waals surface area contributed by atoms with Crippen LogP contribution in [0.1, 0.15) is 35.2 Å². The molecule has 0 saturated carbocycles. The van der Waals surface area contributed by atoms with Crippen LogP contribution in [0.5, 0.6) is 5.75 Å². The van der Waals surface area contributed by atoms with Gasteiger partial charge in [0.15, 0.2) is 5.78 Å². The minimum atomic E-state index is -0.210. The maximum atomic E-state index is 12.8. The third kappa shape index (κ3) is 2.36. The quantitative estimate of drug-likeness (QED) is 0.784. The lowest BCUT2D eigenvalue weighted by molar-refractivity contribution is -0.0920. The first-order valence-electron chi connectivity index (χ1n) is 7.77. The zero-order chi connectivity index (χ0) is 14.3. The lowest BCUT2D eigenvalue weighted by atomic mass is 9.81. The Balaban J connectivity index is 1.54. The Kier molecular flexibility index (Phi) is 3.23. The number of ketones is 1. The van der Waals surface area contributed by atoms with Gasteiger partial charge in [-0.1, -0.05) is 0 Å². The molecule has 21 heavy (non-hydrogen) atoms. The van der Waals surface area contributed by atoms with E-state index < -0.39 is 0 Å². The molecule has 4 nitrogen and oxygen atoms in total. The maximum absolute atomic E-state index is 12.8. The van der Waals surface area contributed by atoms with E-state index in [2.05, 4.69) is 0 Å². The number of ether oxygens (including phenoxy) is 3. The van der Waals surface area contributed by atoms with E-state index in [0.29, 0.717) is 13.2 Å². The summed E-state index contributed by atoms with van der Waals surface area (Å²) in [6, 6.07) is 5.85. The van der Waals surface area contributed by atoms with Gasteiger partial charge >= 0.3 is 0 Å². The third-order valence-corrected chi connectivity index (χ3v) is 4.90. The molecule has 2 atom stereocenters. The number of carbonyl (C=O) groups is 1. The average molecular weight is 288 g/mol. The molecule has 2 saturated heterocycles. The Bertz CT molecular complexity index is 560. The summed E-state index contributed by atoms with van der Waals surface area (Å²) >= 11 is 0. The second kappa shape index (κ2) is 5.11. The second-order valence-corrected chi connectivity index (χ2v) is 6.31. The van der Waals surface area contributed by atoms with Crippen LogP contribution in [-0.4, -0.2) is 37.8 Å². The molecule has 0 aliphatic carbocycles. The number of hydrogen-bond donors (Lipinski definition) is 0. The van der Waals surface area contributed by atoms with Crippen LogP contribution in [0, 0.1) is 5.92 Å². The molecule has 4 heteroatoms. The van der Waals surface area contributed by atoms with Gasteiger partial charge in [-0.05, 0) is 36.6 Å². The summed E-state index contributed by atoms with van der Waals surface area (Å²) in [6.45, 7) is 2.77. The SMILES string of the molecule is O=C(c1ccc2c(c1)CCO2)C1CCOC2(CCOC2)C1. The summed E-state index contributed by atoms with van der Waals surface area (Å²) < 4.78 is 16.9. The molecule has 1 aromatic rings. The molecular weight excluding hydrogens is 268 g/mol. The number of benzene rings is 1. The normalized spacial score (nSPS) is 31.1. The lowest BCUT2D eigenvalue weighted by Gasteiger charge is -2.36. The summed E-state index contributed by atoms with van der Waals surface area (Å²) in [5, 5.41) is 0. The highest BCUT2D eigenvalue weighted by molar-refractivity contribution is 5.98. The lowest BCUT2D eigenvalue weighted by Crippen LogP contribution is -2.42. The largest absolute Gasteiger partial charge is 0.493 e. The molecule has 4 rings (SSSR count). The molecule has 0 amide bonds. The molecule has 0 bridgehead atoms. The van der Waals surface area contributed by atoms with Crippen LogP contribution in [0.2, 0.25) is 0 Å². The van der Waals surface area contributed by atoms with E-state index >= 15 is 0 Å². The molecule has 1 spiro atoms. The standard InChI is InChI=1S/C17H20O4/c18-16(13-1-2-15-12(9-13)3-6-20-15)14-4-7-21-17(10-14)5-8-19-11-17/h1-2,9,14H,3-8,10-11H2. The number of fused-ring (bicyclic) bond motifs is 1. The maximum Gasteiger partial charge on any atom is 0.166 e. The van der Waals surface area contributed by atoms with Crippen molar-refractivity contribution in [3.63, 3.8) is 0 Å². The van der Waals surface area contributed by atoms with E-state index in [9.17, 15) is 4.79 Å². The summed E-state index contributed by atoms with van der Waals surface area (Å²) in [5.74, 6) is 1.24. The van der Waals surface area contributed by atoms with Gasteiger partial charge in [0.1, 0.15) is 5.75 Å². The third-order valence-electron chi connectivity index (χ3n) is 4.90. The van der Waals surface area contributed by atoms with Crippen molar-refractivity contribution in [2.24, 2.45) is 5.92 Å². The fraction of sp³-hybridized carbons (Fsp3) is 0.588. The minimum Gasteiger partial charge on any atom is -0.493 e. The molecule has 0 N–H and O–H groups in total. The van der Waals surface area contributed by atoms with Gasteiger partial charge in [0.25, 0.3) is 0 Å². The Morgan fingerprint density at radius 1 is 1.24 bits per heavy atom. The minimum absolute atomic E-state index is 0.0563. The van der Waals surface area contributed by atoms with Crippen LogP contribution in [0.15, 0.2) is 18.2 Å². The predicted molar refractivity (Wildman–Crippen MR) is 76.8 cm³/mol. The van der Waals surface area contributed by atoms with Gasteiger partial charge in [-0.2, -0.15) is 0 Å². The van der Waals surface area contributed by atoms with Gasteiger partial charge in [0, 0.05) is 37.5 Å². The molecule has 3 heterocycles. The van der Waals surface area contributed by atoms with Crippen LogP contribution in [0.4, 0.5) is 0 Å². The van der Waals surface area contributed by atoms with Crippen molar-refractivity contribution in [1.29, 1.82) is 0 Å². The number of Topliss-reactive ketones (excluding diaryl/α,β-unsaturated/α-hetero) is 1. The van der Waals surface area contributed by atoms with Crippen LogP contribution in [-0.2, 0) is 15.9 Å². The fourth-order valence-electron chi connectivity index (χ4n) is 3.69. The van der Waals surface area contributed by atoms with Gasteiger partial charge in [-0.15, -0.1) is 0 Å². The summed E-state index contributed by atoms with van der Waals surface area (Å²) in [5.41, 5.74) is 1.77. The van der Waals surface area contributed by atoms with E-state index in [0.717, 1.165) is 55.8 Å². The van der Waals surface area contributed by atoms with Crippen LogP contribution >= 0.6 is 0 Å². The van der Waals surface area contributed by atoms with Gasteiger partial charge in [-0.25, -0.2) is 0 Å². The van der Waals surface area contributed by atoms with Gasteiger partial charge in [0.05, 0.1) is 18.8 Å². The van der Waals surface area contributed by atoms with Gasteiger partial charge < -0.3 is 14.2 Å². The Morgan fingerprint density at radius 2 is 2.19 bits per heavy atom. The van der Waals surface area contributed by atoms with Crippen LogP contribution < -0.4 is 4.74 Å². The summed E-state index contributed by atoms with van der Waals surface area (Å²) in [6.07, 6.45) is 3.42. The number of carbonyl (C=O) groups excluding carboxylic acids is 1. The smallest absolute Gasteiger partial charge is 0.166 e. The molecule has 2 fully saturated rings. The summed E-state index contributed by atoms with van der Waals surface area (Å²) in [7, 11) is 0. The van der Waals surface area contributed by atoms with Crippen molar-refractivity contribution in [2.75, 3.05) is 26.4 Å².